The van der Waals surface area contributed by atoms with Crippen molar-refractivity contribution < 1.29 is 4.74 Å². The Balaban J connectivity index is 2.24. The van der Waals surface area contributed by atoms with Crippen LogP contribution < -0.4 is 4.74 Å². The van der Waals surface area contributed by atoms with Gasteiger partial charge in [0, 0.05) is 15.4 Å². The Morgan fingerprint density at radius 3 is 2.29 bits per heavy atom. The van der Waals surface area contributed by atoms with Crippen molar-refractivity contribution in [2.24, 2.45) is 0 Å². The molecular formula is C13H9BrCl2O. The van der Waals surface area contributed by atoms with Crippen LogP contribution in [0.1, 0.15) is 5.56 Å². The summed E-state index contributed by atoms with van der Waals surface area (Å²) in [6.45, 7) is 0. The van der Waals surface area contributed by atoms with E-state index in [0.29, 0.717) is 15.8 Å². The quantitative estimate of drug-likeness (QED) is 0.657. The molecule has 0 aliphatic rings. The van der Waals surface area contributed by atoms with Crippen molar-refractivity contribution in [3.8, 4) is 11.5 Å². The van der Waals surface area contributed by atoms with E-state index < -0.39 is 0 Å². The molecular weight excluding hydrogens is 323 g/mol. The Morgan fingerprint density at radius 2 is 1.65 bits per heavy atom. The topological polar surface area (TPSA) is 9.23 Å². The number of hydrogen-bond donors (Lipinski definition) is 0. The van der Waals surface area contributed by atoms with Gasteiger partial charge in [0.05, 0.1) is 0 Å². The second kappa shape index (κ2) is 5.76. The molecule has 2 aromatic rings. The van der Waals surface area contributed by atoms with Gasteiger partial charge in [-0.15, -0.1) is 0 Å². The van der Waals surface area contributed by atoms with Crippen molar-refractivity contribution in [2.45, 2.75) is 5.33 Å². The number of rotatable bonds is 3. The van der Waals surface area contributed by atoms with Gasteiger partial charge >= 0.3 is 0 Å². The zero-order valence-electron chi connectivity index (χ0n) is 8.79. The standard InChI is InChI=1S/C13H9BrCl2O/c14-8-9-2-1-3-12(4-9)17-13-6-10(15)5-11(16)7-13/h1-7H,8H2. The highest BCUT2D eigenvalue weighted by Crippen LogP contribution is 2.28. The summed E-state index contributed by atoms with van der Waals surface area (Å²) in [5, 5.41) is 1.91. The van der Waals surface area contributed by atoms with E-state index in [9.17, 15) is 0 Å². The summed E-state index contributed by atoms with van der Waals surface area (Å²) in [6, 6.07) is 12.9. The van der Waals surface area contributed by atoms with Crippen molar-refractivity contribution in [3.05, 3.63) is 58.1 Å². The molecule has 0 heterocycles. The van der Waals surface area contributed by atoms with Gasteiger partial charge in [-0.05, 0) is 35.9 Å². The average molecular weight is 332 g/mol. The largest absolute Gasteiger partial charge is 0.457 e. The number of benzene rings is 2. The first kappa shape index (κ1) is 12.7. The fourth-order valence-corrected chi connectivity index (χ4v) is 2.27. The summed E-state index contributed by atoms with van der Waals surface area (Å²) in [6.07, 6.45) is 0. The second-order valence-electron chi connectivity index (χ2n) is 3.49. The molecule has 0 aliphatic carbocycles. The molecule has 0 fully saturated rings. The summed E-state index contributed by atoms with van der Waals surface area (Å²) >= 11 is 15.2. The molecule has 0 bridgehead atoms. The minimum absolute atomic E-state index is 0.559. The minimum Gasteiger partial charge on any atom is -0.457 e. The molecule has 17 heavy (non-hydrogen) atoms. The Kier molecular flexibility index (Phi) is 4.32. The maximum absolute atomic E-state index is 5.90. The maximum Gasteiger partial charge on any atom is 0.130 e. The van der Waals surface area contributed by atoms with Gasteiger partial charge < -0.3 is 4.74 Å². The summed E-state index contributed by atoms with van der Waals surface area (Å²) in [7, 11) is 0. The fourth-order valence-electron chi connectivity index (χ4n) is 1.42. The highest BCUT2D eigenvalue weighted by atomic mass is 79.9. The molecule has 2 aromatic carbocycles. The smallest absolute Gasteiger partial charge is 0.130 e. The van der Waals surface area contributed by atoms with Gasteiger partial charge in [0.1, 0.15) is 11.5 Å². The highest BCUT2D eigenvalue weighted by Gasteiger charge is 2.01. The van der Waals surface area contributed by atoms with E-state index in [0.717, 1.165) is 16.6 Å². The third-order valence-corrected chi connectivity index (χ3v) is 3.21. The zero-order chi connectivity index (χ0) is 12.3. The predicted molar refractivity (Wildman–Crippen MR) is 75.6 cm³/mol. The van der Waals surface area contributed by atoms with Crippen LogP contribution in [0.4, 0.5) is 0 Å². The summed E-state index contributed by atoms with van der Waals surface area (Å²) < 4.78 is 5.69. The number of hydrogen-bond acceptors (Lipinski definition) is 1. The molecule has 0 unspecified atom stereocenters. The van der Waals surface area contributed by atoms with Gasteiger partial charge in [-0.3, -0.25) is 0 Å². The molecule has 4 heteroatoms. The lowest BCUT2D eigenvalue weighted by Crippen LogP contribution is -1.86. The number of halogens is 3. The Morgan fingerprint density at radius 1 is 0.941 bits per heavy atom. The molecule has 88 valence electrons. The van der Waals surface area contributed by atoms with Crippen LogP contribution in [0.5, 0.6) is 11.5 Å². The van der Waals surface area contributed by atoms with Crippen LogP contribution in [0.2, 0.25) is 10.0 Å². The molecule has 0 N–H and O–H groups in total. The molecule has 0 spiro atoms. The molecule has 2 rings (SSSR count). The van der Waals surface area contributed by atoms with Crippen molar-refractivity contribution in [1.29, 1.82) is 0 Å². The lowest BCUT2D eigenvalue weighted by molar-refractivity contribution is 0.482. The maximum atomic E-state index is 5.90. The molecule has 0 saturated heterocycles. The van der Waals surface area contributed by atoms with Crippen LogP contribution in [0.3, 0.4) is 0 Å². The molecule has 1 nitrogen and oxygen atoms in total. The lowest BCUT2D eigenvalue weighted by Gasteiger charge is -2.07. The first-order valence-electron chi connectivity index (χ1n) is 4.96. The number of alkyl halides is 1. The third-order valence-electron chi connectivity index (χ3n) is 2.12. The SMILES string of the molecule is Clc1cc(Cl)cc(Oc2cccc(CBr)c2)c1. The van der Waals surface area contributed by atoms with E-state index in [1.165, 1.54) is 0 Å². The molecule has 0 aromatic heterocycles. The van der Waals surface area contributed by atoms with Gasteiger partial charge in [0.2, 0.25) is 0 Å². The Labute approximate surface area is 118 Å². The second-order valence-corrected chi connectivity index (χ2v) is 4.92. The fraction of sp³-hybridized carbons (Fsp3) is 0.0769. The number of ether oxygens (including phenoxy) is 1. The normalized spacial score (nSPS) is 10.3. The summed E-state index contributed by atoms with van der Waals surface area (Å²) in [4.78, 5) is 0. The van der Waals surface area contributed by atoms with Gasteiger partial charge in [-0.25, -0.2) is 0 Å². The van der Waals surface area contributed by atoms with E-state index in [-0.39, 0.29) is 0 Å². The van der Waals surface area contributed by atoms with Gasteiger partial charge in [0.15, 0.2) is 0 Å². The monoisotopic (exact) mass is 330 g/mol. The van der Waals surface area contributed by atoms with E-state index in [1.807, 2.05) is 24.3 Å². The van der Waals surface area contributed by atoms with Crippen LogP contribution in [0.25, 0.3) is 0 Å². The summed E-state index contributed by atoms with van der Waals surface area (Å²) in [5.41, 5.74) is 1.15. The van der Waals surface area contributed by atoms with E-state index >= 15 is 0 Å². The lowest BCUT2D eigenvalue weighted by atomic mass is 10.2. The summed E-state index contributed by atoms with van der Waals surface area (Å²) in [5.74, 6) is 1.40. The van der Waals surface area contributed by atoms with Crippen LogP contribution in [-0.4, -0.2) is 0 Å². The zero-order valence-corrected chi connectivity index (χ0v) is 11.9. The average Bonchev–Trinajstić information content (AvgIpc) is 2.28. The van der Waals surface area contributed by atoms with Gasteiger partial charge in [0.25, 0.3) is 0 Å². The van der Waals surface area contributed by atoms with E-state index in [1.54, 1.807) is 18.2 Å². The van der Waals surface area contributed by atoms with Crippen molar-refractivity contribution >= 4 is 39.1 Å². The molecule has 0 radical (unpaired) electrons. The van der Waals surface area contributed by atoms with Crippen LogP contribution in [0.15, 0.2) is 42.5 Å². The third kappa shape index (κ3) is 3.63. The first-order valence-corrected chi connectivity index (χ1v) is 6.84. The van der Waals surface area contributed by atoms with E-state index in [2.05, 4.69) is 15.9 Å². The van der Waals surface area contributed by atoms with E-state index in [4.69, 9.17) is 27.9 Å². The molecule has 0 amide bonds. The van der Waals surface area contributed by atoms with Gasteiger partial charge in [-0.1, -0.05) is 51.3 Å². The predicted octanol–water partition coefficient (Wildman–Crippen LogP) is 5.68. The van der Waals surface area contributed by atoms with Crippen molar-refractivity contribution in [3.63, 3.8) is 0 Å². The van der Waals surface area contributed by atoms with Crippen LogP contribution in [-0.2, 0) is 5.33 Å². The minimum atomic E-state index is 0.559. The van der Waals surface area contributed by atoms with Crippen molar-refractivity contribution in [2.75, 3.05) is 0 Å². The highest BCUT2D eigenvalue weighted by molar-refractivity contribution is 9.08. The van der Waals surface area contributed by atoms with Crippen LogP contribution in [0, 0.1) is 0 Å². The van der Waals surface area contributed by atoms with Crippen molar-refractivity contribution in [1.82, 2.24) is 0 Å². The Bertz CT molecular complexity index is 508. The Hall–Kier alpha value is -0.700. The van der Waals surface area contributed by atoms with Crippen LogP contribution >= 0.6 is 39.1 Å². The molecule has 0 aliphatic heterocycles. The molecule has 0 atom stereocenters. The molecule has 0 saturated carbocycles. The van der Waals surface area contributed by atoms with Gasteiger partial charge in [-0.2, -0.15) is 0 Å². The first-order chi connectivity index (χ1) is 8.17.